The lowest BCUT2D eigenvalue weighted by Gasteiger charge is -2.24. The van der Waals surface area contributed by atoms with Crippen molar-refractivity contribution in [2.24, 2.45) is 0 Å². The van der Waals surface area contributed by atoms with Crippen LogP contribution in [0.25, 0.3) is 0 Å². The Kier molecular flexibility index (Phi) is 7.22. The zero-order chi connectivity index (χ0) is 14.2. The molecule has 1 heterocycles. The Labute approximate surface area is 131 Å². The van der Waals surface area contributed by atoms with Gasteiger partial charge in [-0.15, -0.1) is 11.8 Å². The van der Waals surface area contributed by atoms with E-state index in [2.05, 4.69) is 11.0 Å². The van der Waals surface area contributed by atoms with Crippen molar-refractivity contribution in [3.05, 3.63) is 29.3 Å². The first-order chi connectivity index (χ1) is 9.81. The minimum absolute atomic E-state index is 0.326. The fourth-order valence-corrected chi connectivity index (χ4v) is 4.03. The van der Waals surface area contributed by atoms with Crippen LogP contribution in [0.15, 0.2) is 29.2 Å². The molecule has 0 radical (unpaired) electrons. The van der Waals surface area contributed by atoms with Crippen molar-refractivity contribution in [1.29, 1.82) is 0 Å². The minimum atomic E-state index is 0.326. The normalized spacial score (nSPS) is 19.6. The zero-order valence-corrected chi connectivity index (χ0v) is 13.5. The number of benzene rings is 1. The highest BCUT2D eigenvalue weighted by Gasteiger charge is 2.23. The van der Waals surface area contributed by atoms with E-state index in [1.54, 1.807) is 0 Å². The quantitative estimate of drug-likeness (QED) is 0.578. The summed E-state index contributed by atoms with van der Waals surface area (Å²) in [6.45, 7) is 2.73. The highest BCUT2D eigenvalue weighted by Crippen LogP contribution is 2.27. The van der Waals surface area contributed by atoms with Crippen molar-refractivity contribution >= 4 is 23.4 Å². The lowest BCUT2D eigenvalue weighted by atomic mass is 10.1. The Morgan fingerprint density at radius 2 is 2.15 bits per heavy atom. The minimum Gasteiger partial charge on any atom is -0.396 e. The third-order valence-electron chi connectivity index (χ3n) is 3.88. The zero-order valence-electron chi connectivity index (χ0n) is 11.9. The van der Waals surface area contributed by atoms with Crippen LogP contribution in [-0.4, -0.2) is 41.5 Å². The molecule has 2 nitrogen and oxygen atoms in total. The van der Waals surface area contributed by atoms with Gasteiger partial charge in [0, 0.05) is 17.5 Å². The molecule has 1 fully saturated rings. The lowest BCUT2D eigenvalue weighted by Crippen LogP contribution is -2.30. The molecule has 1 aliphatic rings. The topological polar surface area (TPSA) is 23.5 Å². The highest BCUT2D eigenvalue weighted by molar-refractivity contribution is 7.99. The molecule has 1 saturated heterocycles. The molecule has 0 aromatic heterocycles. The van der Waals surface area contributed by atoms with Gasteiger partial charge >= 0.3 is 0 Å². The monoisotopic (exact) mass is 313 g/mol. The van der Waals surface area contributed by atoms with E-state index in [0.717, 1.165) is 23.6 Å². The van der Waals surface area contributed by atoms with Crippen molar-refractivity contribution in [1.82, 2.24) is 4.90 Å². The lowest BCUT2D eigenvalue weighted by molar-refractivity contribution is 0.217. The number of likely N-dealkylation sites (tertiary alicyclic amines) is 1. The number of aliphatic hydroxyl groups is 1. The van der Waals surface area contributed by atoms with Crippen LogP contribution in [0.4, 0.5) is 0 Å². The summed E-state index contributed by atoms with van der Waals surface area (Å²) in [5, 5.41) is 9.81. The van der Waals surface area contributed by atoms with Gasteiger partial charge in [-0.2, -0.15) is 0 Å². The SMILES string of the molecule is OCCCC1CCCN1CCCSc1ccccc1Cl. The van der Waals surface area contributed by atoms with E-state index in [9.17, 15) is 0 Å². The molecule has 0 bridgehead atoms. The molecule has 20 heavy (non-hydrogen) atoms. The van der Waals surface area contributed by atoms with E-state index in [1.807, 2.05) is 30.0 Å². The highest BCUT2D eigenvalue weighted by atomic mass is 35.5. The van der Waals surface area contributed by atoms with Crippen LogP contribution in [0.5, 0.6) is 0 Å². The maximum atomic E-state index is 8.94. The maximum absolute atomic E-state index is 8.94. The molecule has 1 atom stereocenters. The second-order valence-electron chi connectivity index (χ2n) is 5.33. The van der Waals surface area contributed by atoms with Crippen LogP contribution >= 0.6 is 23.4 Å². The molecule has 1 aromatic rings. The third-order valence-corrected chi connectivity index (χ3v) is 5.48. The van der Waals surface area contributed by atoms with Crippen LogP contribution in [-0.2, 0) is 0 Å². The number of thioether (sulfide) groups is 1. The first-order valence-corrected chi connectivity index (χ1v) is 8.90. The van der Waals surface area contributed by atoms with Gasteiger partial charge < -0.3 is 10.0 Å². The van der Waals surface area contributed by atoms with Gasteiger partial charge in [0.2, 0.25) is 0 Å². The Bertz CT molecular complexity index is 402. The first kappa shape index (κ1) is 16.2. The molecular weight excluding hydrogens is 290 g/mol. The second-order valence-corrected chi connectivity index (χ2v) is 6.87. The van der Waals surface area contributed by atoms with E-state index in [1.165, 1.54) is 37.2 Å². The fraction of sp³-hybridized carbons (Fsp3) is 0.625. The molecule has 0 aliphatic carbocycles. The molecule has 1 aliphatic heterocycles. The van der Waals surface area contributed by atoms with Gasteiger partial charge in [-0.25, -0.2) is 0 Å². The number of rotatable bonds is 8. The molecule has 0 spiro atoms. The molecule has 1 aromatic carbocycles. The number of hydrogen-bond acceptors (Lipinski definition) is 3. The number of hydrogen-bond donors (Lipinski definition) is 1. The number of nitrogens with zero attached hydrogens (tertiary/aromatic N) is 1. The summed E-state index contributed by atoms with van der Waals surface area (Å²) in [5.41, 5.74) is 0. The Balaban J connectivity index is 1.66. The Hall–Kier alpha value is -0.220. The van der Waals surface area contributed by atoms with Gasteiger partial charge in [-0.3, -0.25) is 0 Å². The van der Waals surface area contributed by atoms with E-state index in [-0.39, 0.29) is 0 Å². The van der Waals surface area contributed by atoms with Crippen molar-refractivity contribution < 1.29 is 5.11 Å². The predicted molar refractivity (Wildman–Crippen MR) is 87.7 cm³/mol. The van der Waals surface area contributed by atoms with Crippen LogP contribution in [0, 0.1) is 0 Å². The smallest absolute Gasteiger partial charge is 0.0541 e. The first-order valence-electron chi connectivity index (χ1n) is 7.53. The van der Waals surface area contributed by atoms with Crippen molar-refractivity contribution in [3.63, 3.8) is 0 Å². The molecule has 1 unspecified atom stereocenters. The van der Waals surface area contributed by atoms with Crippen LogP contribution in [0.1, 0.15) is 32.1 Å². The molecule has 4 heteroatoms. The van der Waals surface area contributed by atoms with E-state index >= 15 is 0 Å². The number of aliphatic hydroxyl groups excluding tert-OH is 1. The third kappa shape index (κ3) is 4.96. The van der Waals surface area contributed by atoms with E-state index < -0.39 is 0 Å². The van der Waals surface area contributed by atoms with Crippen molar-refractivity contribution in [2.45, 2.75) is 43.0 Å². The second kappa shape index (κ2) is 8.93. The van der Waals surface area contributed by atoms with Gasteiger partial charge in [0.25, 0.3) is 0 Å². The summed E-state index contributed by atoms with van der Waals surface area (Å²) in [7, 11) is 0. The molecule has 2 rings (SSSR count). The number of halogens is 1. The Morgan fingerprint density at radius 1 is 1.30 bits per heavy atom. The van der Waals surface area contributed by atoms with Crippen LogP contribution < -0.4 is 0 Å². The van der Waals surface area contributed by atoms with Crippen LogP contribution in [0.2, 0.25) is 5.02 Å². The van der Waals surface area contributed by atoms with Crippen LogP contribution in [0.3, 0.4) is 0 Å². The van der Waals surface area contributed by atoms with Gasteiger partial charge in [-0.05, 0) is 63.1 Å². The van der Waals surface area contributed by atoms with E-state index in [0.29, 0.717) is 12.6 Å². The van der Waals surface area contributed by atoms with Crippen molar-refractivity contribution in [2.75, 3.05) is 25.4 Å². The largest absolute Gasteiger partial charge is 0.396 e. The predicted octanol–water partition coefficient (Wildman–Crippen LogP) is 4.06. The average molecular weight is 314 g/mol. The summed E-state index contributed by atoms with van der Waals surface area (Å²) in [4.78, 5) is 3.79. The summed E-state index contributed by atoms with van der Waals surface area (Å²) >= 11 is 8.01. The fourth-order valence-electron chi connectivity index (χ4n) is 2.85. The molecule has 0 saturated carbocycles. The van der Waals surface area contributed by atoms with Gasteiger partial charge in [-0.1, -0.05) is 23.7 Å². The summed E-state index contributed by atoms with van der Waals surface area (Å²) in [5.74, 6) is 1.12. The summed E-state index contributed by atoms with van der Waals surface area (Å²) < 4.78 is 0. The summed E-state index contributed by atoms with van der Waals surface area (Å²) in [6.07, 6.45) is 5.90. The Morgan fingerprint density at radius 3 is 2.95 bits per heavy atom. The maximum Gasteiger partial charge on any atom is 0.0541 e. The van der Waals surface area contributed by atoms with E-state index in [4.69, 9.17) is 16.7 Å². The average Bonchev–Trinajstić information content (AvgIpc) is 2.90. The molecule has 0 amide bonds. The van der Waals surface area contributed by atoms with Crippen molar-refractivity contribution in [3.8, 4) is 0 Å². The molecular formula is C16H24ClNOS. The van der Waals surface area contributed by atoms with Gasteiger partial charge in [0.15, 0.2) is 0 Å². The van der Waals surface area contributed by atoms with Gasteiger partial charge in [0.05, 0.1) is 5.02 Å². The standard InChI is InChI=1S/C16H24ClNOS/c17-15-8-1-2-9-16(15)20-13-5-11-18-10-3-6-14(18)7-4-12-19/h1-2,8-9,14,19H,3-7,10-13H2. The molecule has 1 N–H and O–H groups in total. The summed E-state index contributed by atoms with van der Waals surface area (Å²) in [6, 6.07) is 8.76. The molecule has 112 valence electrons. The van der Waals surface area contributed by atoms with Gasteiger partial charge in [0.1, 0.15) is 0 Å².